The molecule has 0 spiro atoms. The molecule has 0 saturated heterocycles. The maximum Gasteiger partial charge on any atom is 0.256 e. The van der Waals surface area contributed by atoms with Crippen LogP contribution in [0.4, 0.5) is 0 Å². The minimum atomic E-state index is -0.621. The Hall–Kier alpha value is -4.90. The Morgan fingerprint density at radius 1 is 0.750 bits per heavy atom. The van der Waals surface area contributed by atoms with Crippen molar-refractivity contribution in [1.29, 1.82) is 0 Å². The average molecular weight is 523 g/mol. The molecule has 0 atom stereocenters. The number of aromatic nitrogens is 3. The molecule has 0 aliphatic carbocycles. The van der Waals surface area contributed by atoms with Crippen LogP contribution >= 0.6 is 0 Å². The zero-order valence-electron chi connectivity index (χ0n) is 22.4. The SMILES string of the molecule is Cn1c2c(c3ccccc31)C(=O)N(Cc1cn(C(c3ccccc3)(c3ccccc3)c3ccccc3)cn1)CC2. The van der Waals surface area contributed by atoms with Gasteiger partial charge in [-0.2, -0.15) is 0 Å². The smallest absolute Gasteiger partial charge is 0.256 e. The predicted octanol–water partition coefficient (Wildman–Crippen LogP) is 6.41. The van der Waals surface area contributed by atoms with Gasteiger partial charge >= 0.3 is 0 Å². The Balaban J connectivity index is 1.31. The molecule has 4 aromatic carbocycles. The zero-order chi connectivity index (χ0) is 27.1. The van der Waals surface area contributed by atoms with Crippen molar-refractivity contribution < 1.29 is 4.79 Å². The molecule has 3 heterocycles. The maximum absolute atomic E-state index is 13.8. The van der Waals surface area contributed by atoms with E-state index in [-0.39, 0.29) is 5.91 Å². The largest absolute Gasteiger partial charge is 0.347 e. The van der Waals surface area contributed by atoms with Crippen molar-refractivity contribution in [1.82, 2.24) is 19.0 Å². The molecule has 0 unspecified atom stereocenters. The van der Waals surface area contributed by atoms with Crippen molar-refractivity contribution in [2.24, 2.45) is 7.05 Å². The summed E-state index contributed by atoms with van der Waals surface area (Å²) in [5.74, 6) is 0.0769. The minimum Gasteiger partial charge on any atom is -0.347 e. The molecule has 2 aromatic heterocycles. The molecule has 0 fully saturated rings. The molecule has 5 heteroatoms. The molecule has 40 heavy (non-hydrogen) atoms. The van der Waals surface area contributed by atoms with E-state index in [0.29, 0.717) is 13.1 Å². The van der Waals surface area contributed by atoms with E-state index < -0.39 is 5.54 Å². The highest BCUT2D eigenvalue weighted by Gasteiger charge is 2.38. The summed E-state index contributed by atoms with van der Waals surface area (Å²) in [6, 6.07) is 39.9. The Labute approximate surface area is 234 Å². The quantitative estimate of drug-likeness (QED) is 0.237. The summed E-state index contributed by atoms with van der Waals surface area (Å²) >= 11 is 0. The van der Waals surface area contributed by atoms with Crippen molar-refractivity contribution >= 4 is 16.8 Å². The Bertz CT molecular complexity index is 1710. The van der Waals surface area contributed by atoms with Gasteiger partial charge in [-0.15, -0.1) is 0 Å². The number of aryl methyl sites for hydroxylation is 1. The molecule has 0 radical (unpaired) electrons. The molecule has 0 saturated carbocycles. The summed E-state index contributed by atoms with van der Waals surface area (Å²) in [4.78, 5) is 20.6. The van der Waals surface area contributed by atoms with Crippen LogP contribution in [0.5, 0.6) is 0 Å². The van der Waals surface area contributed by atoms with Crippen LogP contribution in [0.25, 0.3) is 10.9 Å². The molecule has 0 bridgehead atoms. The van der Waals surface area contributed by atoms with Crippen molar-refractivity contribution in [3.63, 3.8) is 0 Å². The first-order valence-corrected chi connectivity index (χ1v) is 13.7. The molecular weight excluding hydrogens is 492 g/mol. The third kappa shape index (κ3) is 3.69. The molecule has 1 aliphatic heterocycles. The number of rotatable bonds is 6. The normalized spacial score (nSPS) is 13.5. The standard InChI is InChI=1S/C35H30N4O/c1-37-31-20-12-11-19-30(31)33-32(37)21-22-38(34(33)40)23-29-24-39(25-36-29)35(26-13-5-2-6-14-26,27-15-7-3-8-16-27)28-17-9-4-10-18-28/h2-20,24-25H,21-23H2,1H3. The van der Waals surface area contributed by atoms with E-state index in [0.717, 1.165) is 51.0 Å². The fourth-order valence-corrected chi connectivity index (χ4v) is 6.44. The van der Waals surface area contributed by atoms with Crippen LogP contribution in [0, 0.1) is 0 Å². The van der Waals surface area contributed by atoms with E-state index in [9.17, 15) is 4.79 Å². The lowest BCUT2D eigenvalue weighted by Gasteiger charge is -2.37. The number of fused-ring (bicyclic) bond motifs is 3. The van der Waals surface area contributed by atoms with E-state index in [1.165, 1.54) is 0 Å². The summed E-state index contributed by atoms with van der Waals surface area (Å²) < 4.78 is 4.38. The van der Waals surface area contributed by atoms with Gasteiger partial charge in [0.25, 0.3) is 5.91 Å². The second-order valence-corrected chi connectivity index (χ2v) is 10.5. The van der Waals surface area contributed by atoms with E-state index in [2.05, 4.69) is 107 Å². The van der Waals surface area contributed by atoms with Crippen molar-refractivity contribution in [3.05, 3.63) is 161 Å². The first-order valence-electron chi connectivity index (χ1n) is 13.7. The summed E-state index contributed by atoms with van der Waals surface area (Å²) in [6.45, 7) is 1.13. The number of hydrogen-bond acceptors (Lipinski definition) is 2. The number of carbonyl (C=O) groups is 1. The van der Waals surface area contributed by atoms with E-state index in [1.807, 2.05) is 41.6 Å². The fourth-order valence-electron chi connectivity index (χ4n) is 6.44. The van der Waals surface area contributed by atoms with Gasteiger partial charge in [-0.3, -0.25) is 4.79 Å². The maximum atomic E-state index is 13.8. The third-order valence-corrected chi connectivity index (χ3v) is 8.30. The zero-order valence-corrected chi connectivity index (χ0v) is 22.4. The Kier molecular flexibility index (Phi) is 5.85. The van der Waals surface area contributed by atoms with E-state index >= 15 is 0 Å². The van der Waals surface area contributed by atoms with Gasteiger partial charge in [0.05, 0.1) is 24.1 Å². The molecule has 196 valence electrons. The number of para-hydroxylation sites is 1. The van der Waals surface area contributed by atoms with Gasteiger partial charge in [-0.05, 0) is 22.8 Å². The van der Waals surface area contributed by atoms with E-state index in [1.54, 1.807) is 0 Å². The summed E-state index contributed by atoms with van der Waals surface area (Å²) in [6.07, 6.45) is 4.86. The monoisotopic (exact) mass is 522 g/mol. The Morgan fingerprint density at radius 2 is 1.30 bits per heavy atom. The van der Waals surface area contributed by atoms with Gasteiger partial charge in [0.2, 0.25) is 0 Å². The van der Waals surface area contributed by atoms with Crippen LogP contribution in [0.15, 0.2) is 128 Å². The third-order valence-electron chi connectivity index (χ3n) is 8.30. The van der Waals surface area contributed by atoms with Crippen LogP contribution in [-0.2, 0) is 25.6 Å². The van der Waals surface area contributed by atoms with Crippen LogP contribution < -0.4 is 0 Å². The molecule has 1 aliphatic rings. The lowest BCUT2D eigenvalue weighted by molar-refractivity contribution is 0.0725. The highest BCUT2D eigenvalue weighted by atomic mass is 16.2. The van der Waals surface area contributed by atoms with Gasteiger partial charge in [0, 0.05) is 42.8 Å². The molecule has 0 N–H and O–H groups in total. The van der Waals surface area contributed by atoms with E-state index in [4.69, 9.17) is 4.98 Å². The van der Waals surface area contributed by atoms with Crippen LogP contribution in [0.3, 0.4) is 0 Å². The summed E-state index contributed by atoms with van der Waals surface area (Å²) in [5.41, 5.74) is 6.72. The predicted molar refractivity (Wildman–Crippen MR) is 158 cm³/mol. The minimum absolute atomic E-state index is 0.0769. The van der Waals surface area contributed by atoms with Crippen LogP contribution in [0.1, 0.15) is 38.4 Å². The lowest BCUT2D eigenvalue weighted by atomic mass is 9.77. The van der Waals surface area contributed by atoms with Gasteiger partial charge in [-0.25, -0.2) is 4.98 Å². The van der Waals surface area contributed by atoms with Crippen molar-refractivity contribution in [3.8, 4) is 0 Å². The van der Waals surface area contributed by atoms with Gasteiger partial charge in [-0.1, -0.05) is 109 Å². The second kappa shape index (κ2) is 9.69. The van der Waals surface area contributed by atoms with Crippen molar-refractivity contribution in [2.45, 2.75) is 18.5 Å². The number of nitrogens with zero attached hydrogens (tertiary/aromatic N) is 4. The highest BCUT2D eigenvalue weighted by Crippen LogP contribution is 2.41. The first-order chi connectivity index (χ1) is 19.7. The number of hydrogen-bond donors (Lipinski definition) is 0. The molecule has 5 nitrogen and oxygen atoms in total. The van der Waals surface area contributed by atoms with Gasteiger partial charge < -0.3 is 14.0 Å². The number of carbonyl (C=O) groups excluding carboxylic acids is 1. The topological polar surface area (TPSA) is 43.1 Å². The summed E-state index contributed by atoms with van der Waals surface area (Å²) in [7, 11) is 2.06. The average Bonchev–Trinajstić information content (AvgIpc) is 3.60. The summed E-state index contributed by atoms with van der Waals surface area (Å²) in [5, 5.41) is 1.02. The first kappa shape index (κ1) is 24.2. The molecule has 6 aromatic rings. The van der Waals surface area contributed by atoms with Crippen LogP contribution in [0.2, 0.25) is 0 Å². The van der Waals surface area contributed by atoms with Gasteiger partial charge in [0.15, 0.2) is 0 Å². The fraction of sp³-hybridized carbons (Fsp3) is 0.143. The molecule has 1 amide bonds. The molecule has 7 rings (SSSR count). The number of benzene rings is 4. The Morgan fingerprint density at radius 3 is 1.90 bits per heavy atom. The highest BCUT2D eigenvalue weighted by molar-refractivity contribution is 6.09. The number of amides is 1. The van der Waals surface area contributed by atoms with Crippen LogP contribution in [-0.4, -0.2) is 31.5 Å². The second-order valence-electron chi connectivity index (χ2n) is 10.5. The lowest BCUT2D eigenvalue weighted by Crippen LogP contribution is -2.38. The van der Waals surface area contributed by atoms with Gasteiger partial charge in [0.1, 0.15) is 5.54 Å². The number of imidazole rings is 1. The molecular formula is C35H30N4O. The van der Waals surface area contributed by atoms with Crippen molar-refractivity contribution in [2.75, 3.05) is 6.54 Å².